The molecule has 7 heteroatoms. The van der Waals surface area contributed by atoms with Gasteiger partial charge in [0.25, 0.3) is 5.91 Å². The molecule has 1 atom stereocenters. The van der Waals surface area contributed by atoms with E-state index in [1.54, 1.807) is 37.4 Å². The zero-order valence-electron chi connectivity index (χ0n) is 15.5. The summed E-state index contributed by atoms with van der Waals surface area (Å²) in [6.45, 7) is 1.49. The van der Waals surface area contributed by atoms with Gasteiger partial charge in [-0.05, 0) is 54.4 Å². The van der Waals surface area contributed by atoms with Gasteiger partial charge in [0.2, 0.25) is 0 Å². The smallest absolute Gasteiger partial charge is 0.251 e. The molecule has 0 bridgehead atoms. The minimum absolute atomic E-state index is 0.0460. The second kappa shape index (κ2) is 7.72. The maximum Gasteiger partial charge on any atom is 0.251 e. The lowest BCUT2D eigenvalue weighted by Crippen LogP contribution is -2.37. The van der Waals surface area contributed by atoms with Crippen LogP contribution in [0, 0.1) is 5.82 Å². The minimum Gasteiger partial charge on any atom is -0.497 e. The Morgan fingerprint density at radius 2 is 2.07 bits per heavy atom. The van der Waals surface area contributed by atoms with E-state index in [4.69, 9.17) is 4.74 Å². The molecule has 1 fully saturated rings. The Labute approximate surface area is 162 Å². The van der Waals surface area contributed by atoms with E-state index in [9.17, 15) is 9.18 Å². The highest BCUT2D eigenvalue weighted by atomic mass is 19.1. The van der Waals surface area contributed by atoms with Crippen molar-refractivity contribution >= 4 is 11.7 Å². The number of aromatic amines is 1. The normalized spacial score (nSPS) is 16.2. The number of hydrogen-bond acceptors (Lipinski definition) is 4. The predicted octanol–water partition coefficient (Wildman–Crippen LogP) is 3.23. The summed E-state index contributed by atoms with van der Waals surface area (Å²) in [4.78, 5) is 14.6. The molecular weight excluding hydrogens is 359 g/mol. The highest BCUT2D eigenvalue weighted by molar-refractivity contribution is 5.94. The second-order valence-electron chi connectivity index (χ2n) is 6.78. The molecule has 1 saturated heterocycles. The fraction of sp³-hybridized carbons (Fsp3) is 0.238. The quantitative estimate of drug-likeness (QED) is 0.713. The van der Waals surface area contributed by atoms with E-state index in [-0.39, 0.29) is 17.8 Å². The monoisotopic (exact) mass is 380 g/mol. The van der Waals surface area contributed by atoms with Crippen molar-refractivity contribution in [3.63, 3.8) is 0 Å². The number of carbonyl (C=O) groups excluding carboxylic acids is 1. The number of nitrogens with zero attached hydrogens (tertiary/aromatic N) is 2. The zero-order valence-corrected chi connectivity index (χ0v) is 15.5. The minimum atomic E-state index is -0.266. The van der Waals surface area contributed by atoms with Crippen LogP contribution in [-0.2, 0) is 0 Å². The first kappa shape index (κ1) is 18.0. The van der Waals surface area contributed by atoms with Gasteiger partial charge in [0.1, 0.15) is 11.6 Å². The summed E-state index contributed by atoms with van der Waals surface area (Å²) in [7, 11) is 1.58. The van der Waals surface area contributed by atoms with Gasteiger partial charge in [0.05, 0.1) is 12.8 Å². The summed E-state index contributed by atoms with van der Waals surface area (Å²) in [5, 5.41) is 10.4. The third kappa shape index (κ3) is 3.83. The van der Waals surface area contributed by atoms with Crippen molar-refractivity contribution in [2.75, 3.05) is 25.1 Å². The number of anilines is 1. The molecule has 28 heavy (non-hydrogen) atoms. The number of carbonyl (C=O) groups is 1. The summed E-state index contributed by atoms with van der Waals surface area (Å²) in [6, 6.07) is 15.4. The van der Waals surface area contributed by atoms with Crippen LogP contribution in [0.4, 0.5) is 10.2 Å². The largest absolute Gasteiger partial charge is 0.497 e. The topological polar surface area (TPSA) is 70.2 Å². The molecule has 0 radical (unpaired) electrons. The number of nitrogens with one attached hydrogen (secondary N) is 2. The van der Waals surface area contributed by atoms with Crippen LogP contribution in [0.2, 0.25) is 0 Å². The Hall–Kier alpha value is -3.35. The number of aromatic nitrogens is 2. The van der Waals surface area contributed by atoms with E-state index in [0.29, 0.717) is 17.9 Å². The van der Waals surface area contributed by atoms with Crippen LogP contribution in [0.15, 0.2) is 54.6 Å². The van der Waals surface area contributed by atoms with Crippen molar-refractivity contribution < 1.29 is 13.9 Å². The third-order valence-electron chi connectivity index (χ3n) is 4.90. The van der Waals surface area contributed by atoms with Crippen LogP contribution < -0.4 is 15.0 Å². The molecule has 2 aromatic carbocycles. The van der Waals surface area contributed by atoms with Crippen molar-refractivity contribution in [1.29, 1.82) is 0 Å². The lowest BCUT2D eigenvalue weighted by atomic mass is 10.1. The van der Waals surface area contributed by atoms with E-state index in [0.717, 1.165) is 30.0 Å². The molecular formula is C21H21FN4O2. The molecule has 0 unspecified atom stereocenters. The van der Waals surface area contributed by atoms with E-state index in [2.05, 4.69) is 20.4 Å². The van der Waals surface area contributed by atoms with E-state index < -0.39 is 0 Å². The van der Waals surface area contributed by atoms with Crippen LogP contribution in [0.5, 0.6) is 5.75 Å². The van der Waals surface area contributed by atoms with E-state index in [1.807, 2.05) is 12.1 Å². The van der Waals surface area contributed by atoms with Crippen LogP contribution in [0.25, 0.3) is 11.3 Å². The van der Waals surface area contributed by atoms with Crippen LogP contribution in [0.3, 0.4) is 0 Å². The Bertz CT molecular complexity index is 971. The van der Waals surface area contributed by atoms with Crippen LogP contribution >= 0.6 is 0 Å². The Balaban J connectivity index is 1.39. The number of rotatable bonds is 5. The summed E-state index contributed by atoms with van der Waals surface area (Å²) in [6.07, 6.45) is 0.842. The van der Waals surface area contributed by atoms with E-state index >= 15 is 0 Å². The first-order valence-electron chi connectivity index (χ1n) is 9.13. The molecule has 0 aliphatic carbocycles. The van der Waals surface area contributed by atoms with Gasteiger partial charge in [-0.3, -0.25) is 9.89 Å². The van der Waals surface area contributed by atoms with Gasteiger partial charge in [0, 0.05) is 30.8 Å². The number of methoxy groups -OCH3 is 1. The molecule has 1 amide bonds. The summed E-state index contributed by atoms with van der Waals surface area (Å²) >= 11 is 0. The lowest BCUT2D eigenvalue weighted by Gasteiger charge is -2.16. The van der Waals surface area contributed by atoms with Gasteiger partial charge in [0.15, 0.2) is 5.82 Å². The van der Waals surface area contributed by atoms with E-state index in [1.165, 1.54) is 12.1 Å². The van der Waals surface area contributed by atoms with Gasteiger partial charge in [-0.1, -0.05) is 6.07 Å². The van der Waals surface area contributed by atoms with Gasteiger partial charge >= 0.3 is 0 Å². The van der Waals surface area contributed by atoms with Gasteiger partial charge < -0.3 is 15.0 Å². The fourth-order valence-corrected chi connectivity index (χ4v) is 3.37. The maximum absolute atomic E-state index is 13.1. The molecule has 2 heterocycles. The predicted molar refractivity (Wildman–Crippen MR) is 105 cm³/mol. The van der Waals surface area contributed by atoms with Crippen LogP contribution in [0.1, 0.15) is 16.8 Å². The van der Waals surface area contributed by atoms with Gasteiger partial charge in [-0.15, -0.1) is 0 Å². The first-order valence-corrected chi connectivity index (χ1v) is 9.13. The molecule has 6 nitrogen and oxygen atoms in total. The molecule has 1 aromatic heterocycles. The average molecular weight is 380 g/mol. The summed E-state index contributed by atoms with van der Waals surface area (Å²) in [5.41, 5.74) is 2.29. The number of hydrogen-bond donors (Lipinski definition) is 2. The first-order chi connectivity index (χ1) is 13.6. The molecule has 0 saturated carbocycles. The van der Waals surface area contributed by atoms with Crippen molar-refractivity contribution in [2.24, 2.45) is 0 Å². The highest BCUT2D eigenvalue weighted by Crippen LogP contribution is 2.25. The number of amides is 1. The van der Waals surface area contributed by atoms with Gasteiger partial charge in [-0.2, -0.15) is 5.10 Å². The molecule has 3 aromatic rings. The van der Waals surface area contributed by atoms with Crippen LogP contribution in [-0.4, -0.2) is 42.3 Å². The molecule has 144 valence electrons. The van der Waals surface area contributed by atoms with Crippen molar-refractivity contribution in [2.45, 2.75) is 12.5 Å². The van der Waals surface area contributed by atoms with Crippen molar-refractivity contribution in [3.05, 3.63) is 66.0 Å². The Morgan fingerprint density at radius 3 is 2.86 bits per heavy atom. The second-order valence-corrected chi connectivity index (χ2v) is 6.78. The number of benzene rings is 2. The average Bonchev–Trinajstić information content (AvgIpc) is 3.38. The van der Waals surface area contributed by atoms with Gasteiger partial charge in [-0.25, -0.2) is 4.39 Å². The summed E-state index contributed by atoms with van der Waals surface area (Å²) < 4.78 is 18.3. The maximum atomic E-state index is 13.1. The highest BCUT2D eigenvalue weighted by Gasteiger charge is 2.26. The molecule has 2 N–H and O–H groups in total. The standard InChI is InChI=1S/C21H21FN4O2/c1-28-18-4-2-3-15(11-18)21(27)23-17-9-10-26(13-17)20-12-19(24-25-20)14-5-7-16(22)8-6-14/h2-8,11-12,17H,9-10,13H2,1H3,(H,23,27)(H,24,25)/t17-/m0/s1. The number of halogens is 1. The van der Waals surface area contributed by atoms with Crippen molar-refractivity contribution in [1.82, 2.24) is 15.5 Å². The SMILES string of the molecule is COc1cccc(C(=O)N[C@H]2CCN(c3cc(-c4ccc(F)cc4)[nH]n3)C2)c1. The Kier molecular flexibility index (Phi) is 4.97. The molecule has 0 spiro atoms. The fourth-order valence-electron chi connectivity index (χ4n) is 3.37. The number of ether oxygens (including phenoxy) is 1. The molecule has 4 rings (SSSR count). The Morgan fingerprint density at radius 1 is 1.25 bits per heavy atom. The third-order valence-corrected chi connectivity index (χ3v) is 4.90. The van der Waals surface area contributed by atoms with Crippen molar-refractivity contribution in [3.8, 4) is 17.0 Å². The molecule has 1 aliphatic rings. The molecule has 1 aliphatic heterocycles. The summed E-state index contributed by atoms with van der Waals surface area (Å²) in [5.74, 6) is 1.10. The number of H-pyrrole nitrogens is 1. The zero-order chi connectivity index (χ0) is 19.5. The lowest BCUT2D eigenvalue weighted by molar-refractivity contribution is 0.0940.